The van der Waals surface area contributed by atoms with Crippen molar-refractivity contribution in [3.8, 4) is 6.07 Å². The molecule has 0 aromatic heterocycles. The fraction of sp³-hybridized carbons (Fsp3) is 0.385. The highest BCUT2D eigenvalue weighted by molar-refractivity contribution is 6.44. The Morgan fingerprint density at radius 3 is 2.72 bits per heavy atom. The van der Waals surface area contributed by atoms with Gasteiger partial charge in [0.25, 0.3) is 5.91 Å². The summed E-state index contributed by atoms with van der Waals surface area (Å²) in [5.41, 5.74) is 1.02. The van der Waals surface area contributed by atoms with Gasteiger partial charge in [-0.3, -0.25) is 4.79 Å². The van der Waals surface area contributed by atoms with Crippen molar-refractivity contribution in [1.29, 1.82) is 5.26 Å². The Hall–Kier alpha value is -1.24. The maximum absolute atomic E-state index is 12.4. The van der Waals surface area contributed by atoms with Gasteiger partial charge < -0.3 is 4.90 Å². The molecule has 18 heavy (non-hydrogen) atoms. The third-order valence-corrected chi connectivity index (χ3v) is 4.14. The molecule has 0 fully saturated rings. The topological polar surface area (TPSA) is 44.1 Å². The van der Waals surface area contributed by atoms with Crippen LogP contribution in [0.2, 0.25) is 10.0 Å². The molecular formula is C13H12Cl2N2O. The second-order valence-corrected chi connectivity index (χ2v) is 5.11. The van der Waals surface area contributed by atoms with Crippen LogP contribution in [0.25, 0.3) is 0 Å². The summed E-state index contributed by atoms with van der Waals surface area (Å²) in [5.74, 6) is -0.210. The van der Waals surface area contributed by atoms with Crippen LogP contribution >= 0.6 is 23.2 Å². The van der Waals surface area contributed by atoms with Gasteiger partial charge in [0, 0.05) is 11.6 Å². The zero-order valence-corrected chi connectivity index (χ0v) is 11.6. The molecule has 1 aliphatic heterocycles. The van der Waals surface area contributed by atoms with Gasteiger partial charge in [-0.05, 0) is 19.4 Å². The number of benzene rings is 1. The van der Waals surface area contributed by atoms with Crippen molar-refractivity contribution >= 4 is 29.1 Å². The van der Waals surface area contributed by atoms with Gasteiger partial charge in [0.1, 0.15) is 6.04 Å². The molecule has 2 unspecified atom stereocenters. The Morgan fingerprint density at radius 1 is 1.50 bits per heavy atom. The molecule has 0 aliphatic carbocycles. The fourth-order valence-corrected chi connectivity index (χ4v) is 2.60. The first-order valence-electron chi connectivity index (χ1n) is 5.73. The molecule has 0 radical (unpaired) electrons. The Morgan fingerprint density at radius 2 is 2.17 bits per heavy atom. The van der Waals surface area contributed by atoms with E-state index in [-0.39, 0.29) is 17.0 Å². The quantitative estimate of drug-likeness (QED) is 0.828. The molecule has 1 heterocycles. The molecule has 0 N–H and O–H groups in total. The molecule has 1 amide bonds. The van der Waals surface area contributed by atoms with Gasteiger partial charge >= 0.3 is 0 Å². The number of rotatable bonds is 2. The van der Waals surface area contributed by atoms with E-state index in [4.69, 9.17) is 23.2 Å². The summed E-state index contributed by atoms with van der Waals surface area (Å²) in [6.45, 7) is 3.90. The molecule has 3 nitrogen and oxygen atoms in total. The second-order valence-electron chi connectivity index (χ2n) is 4.33. The number of fused-ring (bicyclic) bond motifs is 1. The van der Waals surface area contributed by atoms with Crippen LogP contribution in [0, 0.1) is 11.3 Å². The molecule has 0 bridgehead atoms. The molecule has 1 aromatic rings. The standard InChI is InChI=1S/C13H12Cl2N2O/c1-3-7(2)17-10(6-16)8-4-5-9(14)12(15)11(8)13(17)18/h4-5,7,10H,3H2,1-2H3. The van der Waals surface area contributed by atoms with E-state index in [0.29, 0.717) is 16.1 Å². The van der Waals surface area contributed by atoms with Gasteiger partial charge in [0.15, 0.2) is 0 Å². The first kappa shape index (κ1) is 13.2. The monoisotopic (exact) mass is 282 g/mol. The average molecular weight is 283 g/mol. The van der Waals surface area contributed by atoms with Gasteiger partial charge in [0.2, 0.25) is 0 Å². The summed E-state index contributed by atoms with van der Waals surface area (Å²) in [6, 6.07) is 4.92. The van der Waals surface area contributed by atoms with E-state index < -0.39 is 6.04 Å². The van der Waals surface area contributed by atoms with Crippen molar-refractivity contribution in [1.82, 2.24) is 4.90 Å². The first-order chi connectivity index (χ1) is 8.52. The number of hydrogen-bond donors (Lipinski definition) is 0. The number of halogens is 2. The van der Waals surface area contributed by atoms with Crippen LogP contribution in [-0.4, -0.2) is 16.8 Å². The molecule has 5 heteroatoms. The highest BCUT2D eigenvalue weighted by atomic mass is 35.5. The highest BCUT2D eigenvalue weighted by Crippen LogP contribution is 2.41. The van der Waals surface area contributed by atoms with Gasteiger partial charge in [0.05, 0.1) is 21.7 Å². The Kier molecular flexibility index (Phi) is 3.52. The Bertz CT molecular complexity index is 551. The molecule has 0 saturated heterocycles. The number of carbonyl (C=O) groups excluding carboxylic acids is 1. The van der Waals surface area contributed by atoms with Crippen LogP contribution in [0.5, 0.6) is 0 Å². The predicted octanol–water partition coefficient (Wildman–Crippen LogP) is 3.81. The van der Waals surface area contributed by atoms with Gasteiger partial charge in [-0.2, -0.15) is 5.26 Å². The number of carbonyl (C=O) groups is 1. The summed E-state index contributed by atoms with van der Waals surface area (Å²) in [5, 5.41) is 9.87. The zero-order chi connectivity index (χ0) is 13.4. The number of hydrogen-bond acceptors (Lipinski definition) is 2. The highest BCUT2D eigenvalue weighted by Gasteiger charge is 2.40. The van der Waals surface area contributed by atoms with Gasteiger partial charge in [-0.1, -0.05) is 36.2 Å². The molecule has 0 spiro atoms. The minimum absolute atomic E-state index is 0.00982. The van der Waals surface area contributed by atoms with E-state index in [0.717, 1.165) is 6.42 Å². The zero-order valence-electron chi connectivity index (χ0n) is 10.1. The van der Waals surface area contributed by atoms with Gasteiger partial charge in [-0.15, -0.1) is 0 Å². The predicted molar refractivity (Wildman–Crippen MR) is 70.7 cm³/mol. The van der Waals surface area contributed by atoms with Crippen LogP contribution < -0.4 is 0 Å². The summed E-state index contributed by atoms with van der Waals surface area (Å²) in [6.07, 6.45) is 0.781. The molecule has 2 atom stereocenters. The normalized spacial score (nSPS) is 19.6. The van der Waals surface area contributed by atoms with Crippen LogP contribution in [0.3, 0.4) is 0 Å². The van der Waals surface area contributed by atoms with Crippen LogP contribution in [0.4, 0.5) is 0 Å². The second kappa shape index (κ2) is 4.79. The third kappa shape index (κ3) is 1.77. The maximum Gasteiger partial charge on any atom is 0.257 e. The summed E-state index contributed by atoms with van der Waals surface area (Å²) in [7, 11) is 0. The molecule has 2 rings (SSSR count). The summed E-state index contributed by atoms with van der Waals surface area (Å²) in [4.78, 5) is 13.9. The number of nitriles is 1. The van der Waals surface area contributed by atoms with Crippen LogP contribution in [-0.2, 0) is 0 Å². The fourth-order valence-electron chi connectivity index (χ4n) is 2.19. The van der Waals surface area contributed by atoms with Crippen molar-refractivity contribution in [2.45, 2.75) is 32.4 Å². The number of nitrogens with zero attached hydrogens (tertiary/aromatic N) is 2. The SMILES string of the molecule is CCC(C)N1C(=O)c2c(ccc(Cl)c2Cl)C1C#N. The molecular weight excluding hydrogens is 271 g/mol. The smallest absolute Gasteiger partial charge is 0.257 e. The lowest BCUT2D eigenvalue weighted by Gasteiger charge is -2.26. The van der Waals surface area contributed by atoms with Crippen molar-refractivity contribution < 1.29 is 4.79 Å². The van der Waals surface area contributed by atoms with Crippen molar-refractivity contribution in [2.75, 3.05) is 0 Å². The van der Waals surface area contributed by atoms with E-state index in [1.165, 1.54) is 0 Å². The lowest BCUT2D eigenvalue weighted by molar-refractivity contribution is 0.0685. The summed E-state index contributed by atoms with van der Waals surface area (Å²) < 4.78 is 0. The van der Waals surface area contributed by atoms with Crippen molar-refractivity contribution in [2.24, 2.45) is 0 Å². The molecule has 0 saturated carbocycles. The van der Waals surface area contributed by atoms with E-state index in [1.54, 1.807) is 17.0 Å². The van der Waals surface area contributed by atoms with Gasteiger partial charge in [-0.25, -0.2) is 0 Å². The first-order valence-corrected chi connectivity index (χ1v) is 6.48. The molecule has 94 valence electrons. The van der Waals surface area contributed by atoms with E-state index in [2.05, 4.69) is 6.07 Å². The van der Waals surface area contributed by atoms with E-state index in [1.807, 2.05) is 13.8 Å². The molecule has 1 aliphatic rings. The van der Waals surface area contributed by atoms with Crippen LogP contribution in [0.15, 0.2) is 12.1 Å². The number of amides is 1. The Labute approximate surface area is 116 Å². The van der Waals surface area contributed by atoms with E-state index >= 15 is 0 Å². The Balaban J connectivity index is 2.60. The van der Waals surface area contributed by atoms with Crippen molar-refractivity contribution in [3.05, 3.63) is 33.3 Å². The lowest BCUT2D eigenvalue weighted by Crippen LogP contribution is -2.35. The van der Waals surface area contributed by atoms with Crippen molar-refractivity contribution in [3.63, 3.8) is 0 Å². The minimum atomic E-state index is -0.572. The third-order valence-electron chi connectivity index (χ3n) is 3.34. The minimum Gasteiger partial charge on any atom is -0.316 e. The molecule has 1 aromatic carbocycles. The van der Waals surface area contributed by atoms with Crippen LogP contribution in [0.1, 0.15) is 42.2 Å². The largest absolute Gasteiger partial charge is 0.316 e. The average Bonchev–Trinajstić information content (AvgIpc) is 2.66. The summed E-state index contributed by atoms with van der Waals surface area (Å²) >= 11 is 12.0. The lowest BCUT2D eigenvalue weighted by atomic mass is 10.1. The van der Waals surface area contributed by atoms with E-state index in [9.17, 15) is 10.1 Å². The maximum atomic E-state index is 12.4.